The van der Waals surface area contributed by atoms with E-state index in [1.54, 1.807) is 4.68 Å². The van der Waals surface area contributed by atoms with Crippen LogP contribution in [0.25, 0.3) is 0 Å². The largest absolute Gasteiger partial charge is 0.399 e. The molecule has 1 amide bonds. The Morgan fingerprint density at radius 3 is 2.50 bits per heavy atom. The van der Waals surface area contributed by atoms with Crippen LogP contribution in [0.5, 0.6) is 0 Å². The zero-order valence-electron chi connectivity index (χ0n) is 11.7. The van der Waals surface area contributed by atoms with Crippen molar-refractivity contribution in [3.63, 3.8) is 0 Å². The lowest BCUT2D eigenvalue weighted by Crippen LogP contribution is -2.27. The van der Waals surface area contributed by atoms with E-state index in [-0.39, 0.29) is 5.91 Å². The monoisotopic (exact) mass is 270 g/mol. The van der Waals surface area contributed by atoms with Crippen molar-refractivity contribution in [1.82, 2.24) is 9.78 Å². The SMILES string of the molecule is Cc1nn(C)cc1NC(=O)C1(c2ccc(N)cc2)CC1. The van der Waals surface area contributed by atoms with Crippen LogP contribution in [-0.2, 0) is 17.3 Å². The minimum absolute atomic E-state index is 0.0402. The lowest BCUT2D eigenvalue weighted by atomic mass is 9.94. The molecule has 5 heteroatoms. The smallest absolute Gasteiger partial charge is 0.235 e. The van der Waals surface area contributed by atoms with Crippen LogP contribution in [0.4, 0.5) is 11.4 Å². The number of aromatic nitrogens is 2. The van der Waals surface area contributed by atoms with Crippen molar-refractivity contribution in [3.8, 4) is 0 Å². The zero-order chi connectivity index (χ0) is 14.3. The van der Waals surface area contributed by atoms with E-state index >= 15 is 0 Å². The number of carbonyl (C=O) groups is 1. The maximum Gasteiger partial charge on any atom is 0.235 e. The maximum atomic E-state index is 12.6. The minimum atomic E-state index is -0.393. The van der Waals surface area contributed by atoms with Crippen molar-refractivity contribution in [3.05, 3.63) is 41.7 Å². The normalized spacial score (nSPS) is 15.9. The van der Waals surface area contributed by atoms with Crippen molar-refractivity contribution < 1.29 is 4.79 Å². The number of rotatable bonds is 3. The van der Waals surface area contributed by atoms with E-state index in [0.29, 0.717) is 5.69 Å². The summed E-state index contributed by atoms with van der Waals surface area (Å²) in [5, 5.41) is 7.23. The highest BCUT2D eigenvalue weighted by Gasteiger charge is 2.51. The van der Waals surface area contributed by atoms with Crippen LogP contribution in [0, 0.1) is 6.92 Å². The van der Waals surface area contributed by atoms with Crippen molar-refractivity contribution in [1.29, 1.82) is 0 Å². The molecule has 1 fully saturated rings. The average molecular weight is 270 g/mol. The number of benzene rings is 1. The van der Waals surface area contributed by atoms with Gasteiger partial charge < -0.3 is 11.1 Å². The van der Waals surface area contributed by atoms with Gasteiger partial charge in [-0.1, -0.05) is 12.1 Å². The van der Waals surface area contributed by atoms with Crippen molar-refractivity contribution in [2.75, 3.05) is 11.1 Å². The van der Waals surface area contributed by atoms with Gasteiger partial charge >= 0.3 is 0 Å². The number of hydrogen-bond donors (Lipinski definition) is 2. The predicted octanol–water partition coefficient (Wildman–Crippen LogP) is 1.98. The first-order valence-electron chi connectivity index (χ1n) is 6.69. The van der Waals surface area contributed by atoms with Gasteiger partial charge in [0, 0.05) is 18.9 Å². The summed E-state index contributed by atoms with van der Waals surface area (Å²) in [5.74, 6) is 0.0402. The fourth-order valence-electron chi connectivity index (χ4n) is 2.54. The third-order valence-corrected chi connectivity index (χ3v) is 3.91. The standard InChI is InChI=1S/C15H18N4O/c1-10-13(9-19(2)18-10)17-14(20)15(7-8-15)11-3-5-12(16)6-4-11/h3-6,9H,7-8,16H2,1-2H3,(H,17,20). The molecule has 3 N–H and O–H groups in total. The summed E-state index contributed by atoms with van der Waals surface area (Å²) in [6.45, 7) is 1.89. The average Bonchev–Trinajstić information content (AvgIpc) is 3.14. The molecule has 0 atom stereocenters. The highest BCUT2D eigenvalue weighted by molar-refractivity contribution is 6.01. The Kier molecular flexibility index (Phi) is 2.78. The number of nitrogens with one attached hydrogen (secondary N) is 1. The number of anilines is 2. The molecular formula is C15H18N4O. The first-order chi connectivity index (χ1) is 9.51. The molecular weight excluding hydrogens is 252 g/mol. The number of aryl methyl sites for hydroxylation is 2. The Bertz CT molecular complexity index is 653. The van der Waals surface area contributed by atoms with Crippen molar-refractivity contribution in [2.24, 2.45) is 7.05 Å². The number of nitrogens with two attached hydrogens (primary N) is 1. The van der Waals surface area contributed by atoms with E-state index in [1.807, 2.05) is 44.4 Å². The van der Waals surface area contributed by atoms with Crippen molar-refractivity contribution in [2.45, 2.75) is 25.2 Å². The molecule has 0 unspecified atom stereocenters. The van der Waals surface area contributed by atoms with E-state index in [9.17, 15) is 4.79 Å². The van der Waals surface area contributed by atoms with Gasteiger partial charge in [0.05, 0.1) is 16.8 Å². The van der Waals surface area contributed by atoms with Gasteiger partial charge in [-0.15, -0.1) is 0 Å². The first kappa shape index (κ1) is 12.7. The van der Waals surface area contributed by atoms with Gasteiger partial charge in [-0.05, 0) is 37.5 Å². The number of nitrogen functional groups attached to an aromatic ring is 1. The van der Waals surface area contributed by atoms with Crippen LogP contribution in [0.1, 0.15) is 24.1 Å². The van der Waals surface area contributed by atoms with Crippen LogP contribution < -0.4 is 11.1 Å². The number of amides is 1. The van der Waals surface area contributed by atoms with Gasteiger partial charge in [0.2, 0.25) is 5.91 Å². The third kappa shape index (κ3) is 2.05. The lowest BCUT2D eigenvalue weighted by molar-refractivity contribution is -0.118. The highest BCUT2D eigenvalue weighted by Crippen LogP contribution is 2.49. The molecule has 1 aromatic carbocycles. The maximum absolute atomic E-state index is 12.6. The Morgan fingerprint density at radius 2 is 2.00 bits per heavy atom. The highest BCUT2D eigenvalue weighted by atomic mass is 16.2. The molecule has 1 aliphatic carbocycles. The quantitative estimate of drug-likeness (QED) is 0.838. The lowest BCUT2D eigenvalue weighted by Gasteiger charge is -2.15. The number of hydrogen-bond acceptors (Lipinski definition) is 3. The fraction of sp³-hybridized carbons (Fsp3) is 0.333. The van der Waals surface area contributed by atoms with Gasteiger partial charge in [0.1, 0.15) is 0 Å². The molecule has 0 bridgehead atoms. The van der Waals surface area contributed by atoms with Gasteiger partial charge in [-0.25, -0.2) is 0 Å². The Hall–Kier alpha value is -2.30. The summed E-state index contributed by atoms with van der Waals surface area (Å²) in [5.41, 5.74) is 8.66. The van der Waals surface area contributed by atoms with Crippen LogP contribution in [0.15, 0.2) is 30.5 Å². The second-order valence-electron chi connectivity index (χ2n) is 5.46. The minimum Gasteiger partial charge on any atom is -0.399 e. The van der Waals surface area contributed by atoms with Crippen molar-refractivity contribution >= 4 is 17.3 Å². The molecule has 3 rings (SSSR count). The summed E-state index contributed by atoms with van der Waals surface area (Å²) in [4.78, 5) is 12.6. The third-order valence-electron chi connectivity index (χ3n) is 3.91. The van der Waals surface area contributed by atoms with E-state index < -0.39 is 5.41 Å². The Balaban J connectivity index is 1.83. The molecule has 0 aliphatic heterocycles. The molecule has 2 aromatic rings. The van der Waals surface area contributed by atoms with Crippen LogP contribution in [-0.4, -0.2) is 15.7 Å². The molecule has 0 spiro atoms. The molecule has 1 saturated carbocycles. The Labute approximate surface area is 117 Å². The molecule has 0 saturated heterocycles. The predicted molar refractivity (Wildman–Crippen MR) is 78.3 cm³/mol. The van der Waals surface area contributed by atoms with Gasteiger partial charge in [-0.3, -0.25) is 9.48 Å². The van der Waals surface area contributed by atoms with E-state index in [4.69, 9.17) is 5.73 Å². The van der Waals surface area contributed by atoms with Crippen LogP contribution in [0.3, 0.4) is 0 Å². The second-order valence-corrected chi connectivity index (χ2v) is 5.46. The second kappa shape index (κ2) is 4.37. The van der Waals surface area contributed by atoms with E-state index in [1.165, 1.54) is 0 Å². The molecule has 5 nitrogen and oxygen atoms in total. The van der Waals surface area contributed by atoms with Gasteiger partial charge in [-0.2, -0.15) is 5.10 Å². The Morgan fingerprint density at radius 1 is 1.35 bits per heavy atom. The molecule has 1 aliphatic rings. The van der Waals surface area contributed by atoms with E-state index in [0.717, 1.165) is 29.8 Å². The zero-order valence-corrected chi connectivity index (χ0v) is 11.7. The van der Waals surface area contributed by atoms with E-state index in [2.05, 4.69) is 10.4 Å². The summed E-state index contributed by atoms with van der Waals surface area (Å²) in [6, 6.07) is 7.58. The topological polar surface area (TPSA) is 72.9 Å². The molecule has 104 valence electrons. The summed E-state index contributed by atoms with van der Waals surface area (Å²) in [6.07, 6.45) is 3.58. The van der Waals surface area contributed by atoms with Crippen LogP contribution >= 0.6 is 0 Å². The summed E-state index contributed by atoms with van der Waals surface area (Å²) < 4.78 is 1.70. The number of carbonyl (C=O) groups excluding carboxylic acids is 1. The summed E-state index contributed by atoms with van der Waals surface area (Å²) in [7, 11) is 1.84. The van der Waals surface area contributed by atoms with Crippen LogP contribution in [0.2, 0.25) is 0 Å². The summed E-state index contributed by atoms with van der Waals surface area (Å²) >= 11 is 0. The van der Waals surface area contributed by atoms with Gasteiger partial charge in [0.25, 0.3) is 0 Å². The number of nitrogens with zero attached hydrogens (tertiary/aromatic N) is 2. The molecule has 0 radical (unpaired) electrons. The fourth-order valence-corrected chi connectivity index (χ4v) is 2.54. The molecule has 1 aromatic heterocycles. The first-order valence-corrected chi connectivity index (χ1v) is 6.69. The molecule has 1 heterocycles. The van der Waals surface area contributed by atoms with Gasteiger partial charge in [0.15, 0.2) is 0 Å². The molecule has 20 heavy (non-hydrogen) atoms.